The molecule has 0 aliphatic rings. The van der Waals surface area contributed by atoms with Gasteiger partial charge in [0.1, 0.15) is 11.5 Å². The fourth-order valence-corrected chi connectivity index (χ4v) is 3.42. The van der Waals surface area contributed by atoms with E-state index in [0.29, 0.717) is 18.4 Å². The molecular weight excluding hydrogens is 462 g/mol. The maximum absolute atomic E-state index is 14.3. The van der Waals surface area contributed by atoms with Crippen LogP contribution in [0.1, 0.15) is 41.4 Å². The third-order valence-corrected chi connectivity index (χ3v) is 4.84. The van der Waals surface area contributed by atoms with Crippen LogP contribution in [0.3, 0.4) is 0 Å². The third kappa shape index (κ3) is 7.61. The smallest absolute Gasteiger partial charge is 0.348 e. The van der Waals surface area contributed by atoms with Gasteiger partial charge in [0.15, 0.2) is 0 Å². The van der Waals surface area contributed by atoms with Gasteiger partial charge in [-0.2, -0.15) is 13.2 Å². The predicted molar refractivity (Wildman–Crippen MR) is 117 cm³/mol. The summed E-state index contributed by atoms with van der Waals surface area (Å²) in [5.74, 6) is 0.695. The summed E-state index contributed by atoms with van der Waals surface area (Å²) in [5.41, 5.74) is -0.548. The van der Waals surface area contributed by atoms with Crippen molar-refractivity contribution in [3.63, 3.8) is 0 Å². The highest BCUT2D eigenvalue weighted by Gasteiger charge is 2.32. The summed E-state index contributed by atoms with van der Waals surface area (Å²) < 4.78 is 77.7. The van der Waals surface area contributed by atoms with Gasteiger partial charge in [-0.3, -0.25) is 9.52 Å². The van der Waals surface area contributed by atoms with E-state index >= 15 is 0 Å². The Balaban J connectivity index is 2.15. The molecule has 0 unspecified atom stereocenters. The number of hydrogen-bond donors (Lipinski definition) is 2. The standard InChI is InChI=1S/C22H21F4N3O3S/c1-4-6-18-16(7-9-19(28-18)22(24,25)26)8-10-20(30)27-13-14-11-15(5-2)21(17(23)12-14)29-33(3,31)32/h2,7-12,29H,4,6,13H2,1,3H3,(H,27,30). The monoisotopic (exact) mass is 483 g/mol. The van der Waals surface area contributed by atoms with Crippen LogP contribution in [0.2, 0.25) is 0 Å². The highest BCUT2D eigenvalue weighted by atomic mass is 32.2. The second-order valence-corrected chi connectivity index (χ2v) is 8.80. The zero-order valence-electron chi connectivity index (χ0n) is 17.8. The van der Waals surface area contributed by atoms with Gasteiger partial charge in [0.2, 0.25) is 15.9 Å². The van der Waals surface area contributed by atoms with Crippen LogP contribution in [-0.4, -0.2) is 25.6 Å². The molecular formula is C22H21F4N3O3S. The average molecular weight is 483 g/mol. The summed E-state index contributed by atoms with van der Waals surface area (Å²) >= 11 is 0. The van der Waals surface area contributed by atoms with Crippen LogP contribution >= 0.6 is 0 Å². The summed E-state index contributed by atoms with van der Waals surface area (Å²) in [5, 5.41) is 2.50. The second-order valence-electron chi connectivity index (χ2n) is 7.05. The number of aryl methyl sites for hydroxylation is 1. The van der Waals surface area contributed by atoms with Crippen LogP contribution in [0.15, 0.2) is 30.3 Å². The minimum atomic E-state index is -4.57. The van der Waals surface area contributed by atoms with Crippen molar-refractivity contribution in [3.8, 4) is 12.3 Å². The molecule has 1 aromatic carbocycles. The molecule has 0 aliphatic carbocycles. The lowest BCUT2D eigenvalue weighted by Gasteiger charge is -2.11. The Morgan fingerprint density at radius 3 is 2.55 bits per heavy atom. The van der Waals surface area contributed by atoms with Crippen molar-refractivity contribution in [1.82, 2.24) is 10.3 Å². The number of benzene rings is 1. The number of pyridine rings is 1. The van der Waals surface area contributed by atoms with Gasteiger partial charge in [0.25, 0.3) is 0 Å². The van der Waals surface area contributed by atoms with Crippen molar-refractivity contribution in [2.75, 3.05) is 11.0 Å². The van der Waals surface area contributed by atoms with Crippen LogP contribution in [0, 0.1) is 18.2 Å². The van der Waals surface area contributed by atoms with Crippen molar-refractivity contribution >= 4 is 27.7 Å². The molecule has 11 heteroatoms. The first-order chi connectivity index (χ1) is 15.3. The van der Waals surface area contributed by atoms with Crippen LogP contribution in [0.4, 0.5) is 23.2 Å². The zero-order valence-corrected chi connectivity index (χ0v) is 18.6. The number of carbonyl (C=O) groups is 1. The number of nitrogens with one attached hydrogen (secondary N) is 2. The number of carbonyl (C=O) groups excluding carboxylic acids is 1. The van der Waals surface area contributed by atoms with Crippen molar-refractivity contribution in [2.24, 2.45) is 0 Å². The fourth-order valence-electron chi connectivity index (χ4n) is 2.84. The van der Waals surface area contributed by atoms with Crippen molar-refractivity contribution in [2.45, 2.75) is 32.5 Å². The Labute approximate surface area is 189 Å². The topological polar surface area (TPSA) is 88.2 Å². The molecule has 2 aromatic rings. The van der Waals surface area contributed by atoms with Gasteiger partial charge in [-0.1, -0.05) is 25.3 Å². The van der Waals surface area contributed by atoms with E-state index in [1.807, 2.05) is 4.72 Å². The fraction of sp³-hybridized carbons (Fsp3) is 0.273. The number of amides is 1. The van der Waals surface area contributed by atoms with Crippen LogP contribution in [0.5, 0.6) is 0 Å². The predicted octanol–water partition coefficient (Wildman–Crippen LogP) is 3.87. The van der Waals surface area contributed by atoms with Crippen LogP contribution < -0.4 is 10.0 Å². The number of alkyl halides is 3. The van der Waals surface area contributed by atoms with E-state index in [-0.39, 0.29) is 29.1 Å². The molecule has 176 valence electrons. The Bertz CT molecular complexity index is 1220. The molecule has 1 aromatic heterocycles. The SMILES string of the molecule is C#Cc1cc(CNC(=O)C=Cc2ccc(C(F)(F)F)nc2CCC)cc(F)c1NS(C)(=O)=O. The minimum absolute atomic E-state index is 0.0414. The first kappa shape index (κ1) is 25.9. The molecule has 0 saturated carbocycles. The molecule has 0 bridgehead atoms. The van der Waals surface area contributed by atoms with Gasteiger partial charge in [-0.25, -0.2) is 17.8 Å². The maximum atomic E-state index is 14.3. The first-order valence-electron chi connectivity index (χ1n) is 9.64. The Morgan fingerprint density at radius 1 is 1.27 bits per heavy atom. The molecule has 1 heterocycles. The second kappa shape index (κ2) is 10.5. The van der Waals surface area contributed by atoms with E-state index in [9.17, 15) is 30.8 Å². The number of aromatic nitrogens is 1. The van der Waals surface area contributed by atoms with Gasteiger partial charge >= 0.3 is 6.18 Å². The highest BCUT2D eigenvalue weighted by Crippen LogP contribution is 2.29. The zero-order chi connectivity index (χ0) is 24.8. The van der Waals surface area contributed by atoms with Gasteiger partial charge < -0.3 is 5.32 Å². The van der Waals surface area contributed by atoms with Crippen molar-refractivity contribution < 1.29 is 30.8 Å². The summed E-state index contributed by atoms with van der Waals surface area (Å²) in [6, 6.07) is 4.46. The quantitative estimate of drug-likeness (QED) is 0.339. The number of nitrogens with zero attached hydrogens (tertiary/aromatic N) is 1. The lowest BCUT2D eigenvalue weighted by atomic mass is 10.1. The summed E-state index contributed by atoms with van der Waals surface area (Å²) in [7, 11) is -3.76. The Hall–Kier alpha value is -3.39. The van der Waals surface area contributed by atoms with Crippen molar-refractivity contribution in [1.29, 1.82) is 0 Å². The van der Waals surface area contributed by atoms with E-state index in [1.54, 1.807) is 6.92 Å². The van der Waals surface area contributed by atoms with E-state index < -0.39 is 33.6 Å². The molecule has 33 heavy (non-hydrogen) atoms. The molecule has 0 spiro atoms. The lowest BCUT2D eigenvalue weighted by Crippen LogP contribution is -2.21. The lowest BCUT2D eigenvalue weighted by molar-refractivity contribution is -0.141. The van der Waals surface area contributed by atoms with E-state index in [4.69, 9.17) is 6.42 Å². The van der Waals surface area contributed by atoms with Crippen LogP contribution in [-0.2, 0) is 34.0 Å². The van der Waals surface area contributed by atoms with Crippen molar-refractivity contribution in [3.05, 3.63) is 64.2 Å². The first-order valence-corrected chi connectivity index (χ1v) is 11.5. The molecule has 0 saturated heterocycles. The molecule has 0 aliphatic heterocycles. The number of anilines is 1. The third-order valence-electron chi connectivity index (χ3n) is 4.26. The Kier molecular flexibility index (Phi) is 8.22. The van der Waals surface area contributed by atoms with E-state index in [0.717, 1.165) is 24.5 Å². The number of terminal acetylenes is 1. The van der Waals surface area contributed by atoms with E-state index in [2.05, 4.69) is 16.2 Å². The Morgan fingerprint density at radius 2 is 1.97 bits per heavy atom. The highest BCUT2D eigenvalue weighted by molar-refractivity contribution is 7.92. The molecule has 1 amide bonds. The summed E-state index contributed by atoms with van der Waals surface area (Å²) in [4.78, 5) is 15.8. The normalized spacial score (nSPS) is 11.9. The van der Waals surface area contributed by atoms with Gasteiger partial charge in [-0.05, 0) is 41.8 Å². The van der Waals surface area contributed by atoms with Gasteiger partial charge in [0, 0.05) is 18.3 Å². The van der Waals surface area contributed by atoms with E-state index in [1.165, 1.54) is 18.2 Å². The molecule has 0 radical (unpaired) electrons. The van der Waals surface area contributed by atoms with Crippen LogP contribution in [0.25, 0.3) is 6.08 Å². The average Bonchev–Trinajstić information content (AvgIpc) is 2.71. The summed E-state index contributed by atoms with van der Waals surface area (Å²) in [6.07, 6.45) is 4.95. The molecule has 6 nitrogen and oxygen atoms in total. The molecule has 2 N–H and O–H groups in total. The number of hydrogen-bond acceptors (Lipinski definition) is 4. The maximum Gasteiger partial charge on any atom is 0.433 e. The molecule has 2 rings (SSSR count). The molecule has 0 atom stereocenters. The van der Waals surface area contributed by atoms with Gasteiger partial charge in [-0.15, -0.1) is 6.42 Å². The number of rotatable bonds is 8. The minimum Gasteiger partial charge on any atom is -0.348 e. The largest absolute Gasteiger partial charge is 0.433 e. The molecule has 0 fully saturated rings. The summed E-state index contributed by atoms with van der Waals surface area (Å²) in [6.45, 7) is 1.67. The number of sulfonamides is 1. The van der Waals surface area contributed by atoms with Gasteiger partial charge in [0.05, 0.1) is 17.5 Å². The number of halogens is 4.